The van der Waals surface area contributed by atoms with Crippen molar-refractivity contribution in [2.45, 2.75) is 12.0 Å². The van der Waals surface area contributed by atoms with Crippen LogP contribution < -0.4 is 5.32 Å². The number of halogens is 1. The van der Waals surface area contributed by atoms with Gasteiger partial charge in [0, 0.05) is 15.7 Å². The van der Waals surface area contributed by atoms with Crippen molar-refractivity contribution in [3.8, 4) is 0 Å². The molecule has 2 aromatic carbocycles. The quantitative estimate of drug-likeness (QED) is 0.810. The van der Waals surface area contributed by atoms with E-state index in [1.807, 2.05) is 24.3 Å². The van der Waals surface area contributed by atoms with Gasteiger partial charge >= 0.3 is 0 Å². The Morgan fingerprint density at radius 1 is 1.17 bits per heavy atom. The second-order valence-corrected chi connectivity index (χ2v) is 6.30. The Labute approximate surface area is 142 Å². The van der Waals surface area contributed by atoms with Crippen LogP contribution >= 0.6 is 15.9 Å². The number of hydrogen-bond donors (Lipinski definition) is 2. The minimum atomic E-state index is -1.81. The van der Waals surface area contributed by atoms with Gasteiger partial charge in [0.15, 0.2) is 11.4 Å². The van der Waals surface area contributed by atoms with Crippen LogP contribution in [0.25, 0.3) is 6.08 Å². The van der Waals surface area contributed by atoms with Crippen LogP contribution in [0.1, 0.15) is 17.5 Å². The molecule has 0 aromatic heterocycles. The number of para-hydroxylation sites is 1. The van der Waals surface area contributed by atoms with E-state index in [1.54, 1.807) is 30.3 Å². The van der Waals surface area contributed by atoms with Gasteiger partial charge in [0.05, 0.1) is 6.42 Å². The zero-order valence-corrected chi connectivity index (χ0v) is 13.7. The van der Waals surface area contributed by atoms with Crippen molar-refractivity contribution >= 4 is 39.4 Å². The molecule has 116 valence electrons. The number of anilines is 1. The fourth-order valence-electron chi connectivity index (χ4n) is 2.55. The van der Waals surface area contributed by atoms with E-state index in [9.17, 15) is 14.7 Å². The Balaban J connectivity index is 1.77. The lowest BCUT2D eigenvalue weighted by molar-refractivity contribution is -0.138. The van der Waals surface area contributed by atoms with Gasteiger partial charge in [-0.1, -0.05) is 52.3 Å². The van der Waals surface area contributed by atoms with E-state index < -0.39 is 11.5 Å². The topological polar surface area (TPSA) is 66.4 Å². The predicted molar refractivity (Wildman–Crippen MR) is 91.8 cm³/mol. The third-order valence-electron chi connectivity index (χ3n) is 3.76. The SMILES string of the molecule is O=C(/C=C/c1ccc(Br)cc1)CC1(O)C(=O)Nc2ccccc21. The first-order valence-corrected chi connectivity index (χ1v) is 7.88. The Bertz CT molecular complexity index is 798. The summed E-state index contributed by atoms with van der Waals surface area (Å²) in [5, 5.41) is 13.2. The summed E-state index contributed by atoms with van der Waals surface area (Å²) < 4.78 is 0.953. The number of benzene rings is 2. The monoisotopic (exact) mass is 371 g/mol. The number of rotatable bonds is 4. The number of aliphatic hydroxyl groups is 1. The lowest BCUT2D eigenvalue weighted by atomic mass is 9.90. The summed E-state index contributed by atoms with van der Waals surface area (Å²) in [5.41, 5.74) is 0.0439. The molecule has 23 heavy (non-hydrogen) atoms. The largest absolute Gasteiger partial charge is 0.375 e. The van der Waals surface area contributed by atoms with Crippen molar-refractivity contribution in [3.05, 3.63) is 70.2 Å². The Kier molecular flexibility index (Phi) is 4.15. The van der Waals surface area contributed by atoms with Gasteiger partial charge in [-0.15, -0.1) is 0 Å². The van der Waals surface area contributed by atoms with E-state index in [1.165, 1.54) is 6.08 Å². The van der Waals surface area contributed by atoms with Crippen LogP contribution in [-0.4, -0.2) is 16.8 Å². The molecule has 0 saturated heterocycles. The summed E-state index contributed by atoms with van der Waals surface area (Å²) in [5.74, 6) is -0.883. The zero-order valence-electron chi connectivity index (χ0n) is 12.1. The van der Waals surface area contributed by atoms with Gasteiger partial charge in [0.1, 0.15) is 0 Å². The number of nitrogens with one attached hydrogen (secondary N) is 1. The summed E-state index contributed by atoms with van der Waals surface area (Å²) in [6.45, 7) is 0. The van der Waals surface area contributed by atoms with E-state index in [0.717, 1.165) is 10.0 Å². The average molecular weight is 372 g/mol. The van der Waals surface area contributed by atoms with Crippen molar-refractivity contribution in [1.82, 2.24) is 0 Å². The summed E-state index contributed by atoms with van der Waals surface area (Å²) in [4.78, 5) is 24.2. The van der Waals surface area contributed by atoms with Crippen LogP contribution in [0, 0.1) is 0 Å². The van der Waals surface area contributed by atoms with Gasteiger partial charge in [-0.05, 0) is 29.8 Å². The van der Waals surface area contributed by atoms with Crippen LogP contribution in [0.4, 0.5) is 5.69 Å². The molecule has 1 amide bonds. The number of fused-ring (bicyclic) bond motifs is 1. The first kappa shape index (κ1) is 15.6. The summed E-state index contributed by atoms with van der Waals surface area (Å²) in [6.07, 6.45) is 2.76. The molecule has 0 saturated carbocycles. The van der Waals surface area contributed by atoms with Crippen molar-refractivity contribution in [3.63, 3.8) is 0 Å². The van der Waals surface area contributed by atoms with Crippen LogP contribution in [-0.2, 0) is 15.2 Å². The van der Waals surface area contributed by atoms with Gasteiger partial charge in [0.2, 0.25) is 0 Å². The number of carbonyl (C=O) groups is 2. The molecule has 2 N–H and O–H groups in total. The lowest BCUT2D eigenvalue weighted by Gasteiger charge is -2.18. The molecule has 0 bridgehead atoms. The number of carbonyl (C=O) groups excluding carboxylic acids is 2. The van der Waals surface area contributed by atoms with Gasteiger partial charge in [-0.3, -0.25) is 9.59 Å². The normalized spacial score (nSPS) is 19.7. The maximum atomic E-state index is 12.2. The molecule has 0 radical (unpaired) electrons. The Morgan fingerprint density at radius 3 is 2.61 bits per heavy atom. The van der Waals surface area contributed by atoms with E-state index >= 15 is 0 Å². The molecule has 1 heterocycles. The van der Waals surface area contributed by atoms with Crippen LogP contribution in [0.2, 0.25) is 0 Å². The minimum absolute atomic E-state index is 0.289. The third kappa shape index (κ3) is 3.11. The molecule has 3 rings (SSSR count). The molecular formula is C18H14BrNO3. The van der Waals surface area contributed by atoms with E-state index in [-0.39, 0.29) is 12.2 Å². The highest BCUT2D eigenvalue weighted by Gasteiger charge is 2.46. The Morgan fingerprint density at radius 2 is 1.87 bits per heavy atom. The standard InChI is InChI=1S/C18H14BrNO3/c19-13-8-5-12(6-9-13)7-10-14(21)11-18(23)15-3-1-2-4-16(15)20-17(18)22/h1-10,23H,11H2,(H,20,22)/b10-7+. The van der Waals surface area contributed by atoms with Gasteiger partial charge in [-0.2, -0.15) is 0 Å². The van der Waals surface area contributed by atoms with E-state index in [2.05, 4.69) is 21.2 Å². The number of allylic oxidation sites excluding steroid dienone is 1. The van der Waals surface area contributed by atoms with Crippen LogP contribution in [0.15, 0.2) is 59.1 Å². The molecule has 0 fully saturated rings. The highest BCUT2D eigenvalue weighted by Crippen LogP contribution is 2.38. The number of ketones is 1. The van der Waals surface area contributed by atoms with Crippen molar-refractivity contribution < 1.29 is 14.7 Å². The van der Waals surface area contributed by atoms with Gasteiger partial charge < -0.3 is 10.4 Å². The minimum Gasteiger partial charge on any atom is -0.375 e. The fraction of sp³-hybridized carbons (Fsp3) is 0.111. The number of hydrogen-bond acceptors (Lipinski definition) is 3. The number of amides is 1. The average Bonchev–Trinajstić information content (AvgIpc) is 2.78. The van der Waals surface area contributed by atoms with Crippen molar-refractivity contribution in [2.24, 2.45) is 0 Å². The fourth-order valence-corrected chi connectivity index (χ4v) is 2.81. The second kappa shape index (κ2) is 6.10. The summed E-state index contributed by atoms with van der Waals surface area (Å²) in [7, 11) is 0. The van der Waals surface area contributed by atoms with Crippen LogP contribution in [0.3, 0.4) is 0 Å². The molecule has 0 spiro atoms. The molecule has 1 aliphatic heterocycles. The van der Waals surface area contributed by atoms with Gasteiger partial charge in [-0.25, -0.2) is 0 Å². The smallest absolute Gasteiger partial charge is 0.261 e. The van der Waals surface area contributed by atoms with Gasteiger partial charge in [0.25, 0.3) is 5.91 Å². The zero-order chi connectivity index (χ0) is 16.4. The van der Waals surface area contributed by atoms with Crippen molar-refractivity contribution in [2.75, 3.05) is 5.32 Å². The maximum Gasteiger partial charge on any atom is 0.261 e. The molecule has 4 nitrogen and oxygen atoms in total. The molecule has 2 aromatic rings. The lowest BCUT2D eigenvalue weighted by Crippen LogP contribution is -2.36. The first-order valence-electron chi connectivity index (χ1n) is 7.09. The molecule has 1 unspecified atom stereocenters. The van der Waals surface area contributed by atoms with E-state index in [0.29, 0.717) is 11.3 Å². The van der Waals surface area contributed by atoms with Crippen molar-refractivity contribution in [1.29, 1.82) is 0 Å². The van der Waals surface area contributed by atoms with Crippen LogP contribution in [0.5, 0.6) is 0 Å². The molecule has 1 atom stereocenters. The molecular weight excluding hydrogens is 358 g/mol. The highest BCUT2D eigenvalue weighted by molar-refractivity contribution is 9.10. The predicted octanol–water partition coefficient (Wildman–Crippen LogP) is 3.26. The molecule has 0 aliphatic carbocycles. The maximum absolute atomic E-state index is 12.2. The molecule has 1 aliphatic rings. The summed E-state index contributed by atoms with van der Waals surface area (Å²) in [6, 6.07) is 14.3. The Hall–Kier alpha value is -2.24. The third-order valence-corrected chi connectivity index (χ3v) is 4.29. The molecule has 5 heteroatoms. The second-order valence-electron chi connectivity index (χ2n) is 5.39. The highest BCUT2D eigenvalue weighted by atomic mass is 79.9. The first-order chi connectivity index (χ1) is 11.0. The van der Waals surface area contributed by atoms with E-state index in [4.69, 9.17) is 0 Å². The summed E-state index contributed by atoms with van der Waals surface area (Å²) >= 11 is 3.34.